The van der Waals surface area contributed by atoms with Crippen LogP contribution in [-0.4, -0.2) is 11.4 Å². The zero-order valence-corrected chi connectivity index (χ0v) is 13.3. The molecule has 0 saturated carbocycles. The zero-order valence-electron chi connectivity index (χ0n) is 10.9. The number of rotatable bonds is 4. The van der Waals surface area contributed by atoms with E-state index in [1.807, 2.05) is 32.0 Å². The number of carbonyl (C=O) groups is 1. The standard InChI is InChI=1S/C13H19BrN2O.ClH/c1-4-7-13(3,15)12(17)16-10-5-6-11(14)9(2)8-10;/h5-6,8H,4,7,15H2,1-3H3,(H,16,17);1H. The second kappa shape index (κ2) is 7.12. The van der Waals surface area contributed by atoms with Crippen molar-refractivity contribution in [3.63, 3.8) is 0 Å². The maximum atomic E-state index is 12.0. The van der Waals surface area contributed by atoms with E-state index in [2.05, 4.69) is 21.2 Å². The molecule has 0 fully saturated rings. The Labute approximate surface area is 123 Å². The van der Waals surface area contributed by atoms with Gasteiger partial charge in [0.05, 0.1) is 5.54 Å². The van der Waals surface area contributed by atoms with Gasteiger partial charge in [-0.25, -0.2) is 0 Å². The molecule has 0 aliphatic heterocycles. The van der Waals surface area contributed by atoms with Crippen molar-refractivity contribution in [1.82, 2.24) is 0 Å². The van der Waals surface area contributed by atoms with Crippen molar-refractivity contribution in [3.05, 3.63) is 28.2 Å². The van der Waals surface area contributed by atoms with Crippen molar-refractivity contribution >= 4 is 39.9 Å². The molecule has 0 spiro atoms. The molecule has 1 atom stereocenters. The van der Waals surface area contributed by atoms with Crippen LogP contribution in [0.1, 0.15) is 32.3 Å². The van der Waals surface area contributed by atoms with Gasteiger partial charge in [-0.2, -0.15) is 0 Å². The van der Waals surface area contributed by atoms with Crippen LogP contribution in [0.3, 0.4) is 0 Å². The number of anilines is 1. The van der Waals surface area contributed by atoms with Crippen molar-refractivity contribution in [2.75, 3.05) is 5.32 Å². The van der Waals surface area contributed by atoms with E-state index in [-0.39, 0.29) is 18.3 Å². The summed E-state index contributed by atoms with van der Waals surface area (Å²) in [5.41, 5.74) is 7.02. The highest BCUT2D eigenvalue weighted by Crippen LogP contribution is 2.21. The minimum Gasteiger partial charge on any atom is -0.324 e. The topological polar surface area (TPSA) is 55.1 Å². The van der Waals surface area contributed by atoms with Gasteiger partial charge in [-0.15, -0.1) is 12.4 Å². The third kappa shape index (κ3) is 4.59. The smallest absolute Gasteiger partial charge is 0.244 e. The second-order valence-corrected chi connectivity index (χ2v) is 5.44. The SMILES string of the molecule is CCCC(C)(N)C(=O)Nc1ccc(Br)c(C)c1.Cl. The number of halogens is 2. The monoisotopic (exact) mass is 334 g/mol. The van der Waals surface area contributed by atoms with Gasteiger partial charge in [0.15, 0.2) is 0 Å². The normalized spacial score (nSPS) is 13.4. The number of carbonyl (C=O) groups excluding carboxylic acids is 1. The van der Waals surface area contributed by atoms with E-state index in [1.165, 1.54) is 0 Å². The predicted molar refractivity (Wildman–Crippen MR) is 82.3 cm³/mol. The summed E-state index contributed by atoms with van der Waals surface area (Å²) in [4.78, 5) is 12.0. The van der Waals surface area contributed by atoms with Crippen LogP contribution in [-0.2, 0) is 4.79 Å². The van der Waals surface area contributed by atoms with E-state index >= 15 is 0 Å². The molecule has 1 aromatic rings. The first-order valence-electron chi connectivity index (χ1n) is 5.73. The molecule has 0 radical (unpaired) electrons. The molecule has 0 bridgehead atoms. The molecule has 1 unspecified atom stereocenters. The van der Waals surface area contributed by atoms with Crippen LogP contribution < -0.4 is 11.1 Å². The lowest BCUT2D eigenvalue weighted by Crippen LogP contribution is -2.48. The van der Waals surface area contributed by atoms with Crippen LogP contribution in [0.4, 0.5) is 5.69 Å². The Bertz CT molecular complexity index is 421. The number of nitrogens with one attached hydrogen (secondary N) is 1. The lowest BCUT2D eigenvalue weighted by Gasteiger charge is -2.23. The van der Waals surface area contributed by atoms with Gasteiger partial charge in [0.1, 0.15) is 0 Å². The predicted octanol–water partition coefficient (Wildman–Crippen LogP) is 3.64. The second-order valence-electron chi connectivity index (χ2n) is 4.59. The first kappa shape index (κ1) is 17.4. The molecule has 0 saturated heterocycles. The van der Waals surface area contributed by atoms with Gasteiger partial charge in [0.2, 0.25) is 5.91 Å². The number of aryl methyl sites for hydroxylation is 1. The number of nitrogens with two attached hydrogens (primary N) is 1. The number of hydrogen-bond acceptors (Lipinski definition) is 2. The number of hydrogen-bond donors (Lipinski definition) is 2. The first-order chi connectivity index (χ1) is 7.86. The fraction of sp³-hybridized carbons (Fsp3) is 0.462. The number of benzene rings is 1. The van der Waals surface area contributed by atoms with Gasteiger partial charge in [0.25, 0.3) is 0 Å². The summed E-state index contributed by atoms with van der Waals surface area (Å²) < 4.78 is 1.03. The zero-order chi connectivity index (χ0) is 13.1. The van der Waals surface area contributed by atoms with Crippen LogP contribution in [0.5, 0.6) is 0 Å². The van der Waals surface area contributed by atoms with Crippen LogP contribution in [0.2, 0.25) is 0 Å². The molecule has 0 aliphatic rings. The van der Waals surface area contributed by atoms with Crippen molar-refractivity contribution in [3.8, 4) is 0 Å². The summed E-state index contributed by atoms with van der Waals surface area (Å²) in [5.74, 6) is -0.138. The molecule has 0 aliphatic carbocycles. The highest BCUT2D eigenvalue weighted by molar-refractivity contribution is 9.10. The van der Waals surface area contributed by atoms with Crippen LogP contribution in [0, 0.1) is 6.92 Å². The summed E-state index contributed by atoms with van der Waals surface area (Å²) >= 11 is 3.42. The Balaban J connectivity index is 0.00000289. The van der Waals surface area contributed by atoms with E-state index < -0.39 is 5.54 Å². The molecule has 1 rings (SSSR count). The lowest BCUT2D eigenvalue weighted by atomic mass is 9.96. The van der Waals surface area contributed by atoms with E-state index in [4.69, 9.17) is 5.73 Å². The van der Waals surface area contributed by atoms with Crippen molar-refractivity contribution in [2.24, 2.45) is 5.73 Å². The van der Waals surface area contributed by atoms with Crippen molar-refractivity contribution < 1.29 is 4.79 Å². The highest BCUT2D eigenvalue weighted by atomic mass is 79.9. The fourth-order valence-corrected chi connectivity index (χ4v) is 1.88. The maximum absolute atomic E-state index is 12.0. The van der Waals surface area contributed by atoms with Gasteiger partial charge in [0, 0.05) is 10.2 Å². The molecule has 0 aromatic heterocycles. The van der Waals surface area contributed by atoms with Gasteiger partial charge in [-0.3, -0.25) is 4.79 Å². The van der Waals surface area contributed by atoms with Gasteiger partial charge in [-0.05, 0) is 44.0 Å². The van der Waals surface area contributed by atoms with Gasteiger partial charge < -0.3 is 11.1 Å². The molecule has 5 heteroatoms. The summed E-state index contributed by atoms with van der Waals surface area (Å²) in [6.45, 7) is 5.76. The maximum Gasteiger partial charge on any atom is 0.244 e. The third-order valence-corrected chi connectivity index (χ3v) is 3.59. The lowest BCUT2D eigenvalue weighted by molar-refractivity contribution is -0.120. The Kier molecular flexibility index (Phi) is 6.89. The third-order valence-electron chi connectivity index (χ3n) is 2.70. The average molecular weight is 336 g/mol. The van der Waals surface area contributed by atoms with Gasteiger partial charge >= 0.3 is 0 Å². The van der Waals surface area contributed by atoms with E-state index in [1.54, 1.807) is 6.92 Å². The van der Waals surface area contributed by atoms with E-state index in [0.29, 0.717) is 6.42 Å². The Morgan fingerprint density at radius 3 is 2.61 bits per heavy atom. The molecule has 1 aromatic carbocycles. The minimum atomic E-state index is -0.810. The van der Waals surface area contributed by atoms with Crippen LogP contribution in [0.25, 0.3) is 0 Å². The largest absolute Gasteiger partial charge is 0.324 e. The van der Waals surface area contributed by atoms with Gasteiger partial charge in [-0.1, -0.05) is 29.3 Å². The van der Waals surface area contributed by atoms with E-state index in [9.17, 15) is 4.79 Å². The van der Waals surface area contributed by atoms with Crippen molar-refractivity contribution in [2.45, 2.75) is 39.2 Å². The molecule has 3 N–H and O–H groups in total. The molecule has 18 heavy (non-hydrogen) atoms. The first-order valence-corrected chi connectivity index (χ1v) is 6.52. The molecule has 1 amide bonds. The Hall–Kier alpha value is -0.580. The molecule has 3 nitrogen and oxygen atoms in total. The molecule has 0 heterocycles. The molecule has 102 valence electrons. The molecular weight excluding hydrogens is 316 g/mol. The Morgan fingerprint density at radius 1 is 1.50 bits per heavy atom. The summed E-state index contributed by atoms with van der Waals surface area (Å²) in [5, 5.41) is 2.85. The summed E-state index contributed by atoms with van der Waals surface area (Å²) in [6.07, 6.45) is 1.56. The van der Waals surface area contributed by atoms with Crippen LogP contribution in [0.15, 0.2) is 22.7 Å². The highest BCUT2D eigenvalue weighted by Gasteiger charge is 2.27. The quantitative estimate of drug-likeness (QED) is 0.882. The summed E-state index contributed by atoms with van der Waals surface area (Å²) in [6, 6.07) is 5.69. The Morgan fingerprint density at radius 2 is 2.11 bits per heavy atom. The van der Waals surface area contributed by atoms with E-state index in [0.717, 1.165) is 22.1 Å². The molecular formula is C13H20BrClN2O. The summed E-state index contributed by atoms with van der Waals surface area (Å²) in [7, 11) is 0. The van der Waals surface area contributed by atoms with Crippen molar-refractivity contribution in [1.29, 1.82) is 0 Å². The minimum absolute atomic E-state index is 0. The fourth-order valence-electron chi connectivity index (χ4n) is 1.63. The number of amides is 1. The average Bonchev–Trinajstić information content (AvgIpc) is 2.23. The van der Waals surface area contributed by atoms with Crippen LogP contribution >= 0.6 is 28.3 Å².